The molecule has 2 N–H and O–H groups in total. The van der Waals surface area contributed by atoms with Gasteiger partial charge in [-0.05, 0) is 24.3 Å². The molecule has 0 spiro atoms. The number of nitrogens with zero attached hydrogens (tertiary/aromatic N) is 8. The molecule has 0 amide bonds. The Morgan fingerprint density at radius 1 is 0.491 bits per heavy atom. The summed E-state index contributed by atoms with van der Waals surface area (Å²) in [6.45, 7) is 0.968. The van der Waals surface area contributed by atoms with E-state index >= 15 is 0 Å². The molecule has 57 heavy (non-hydrogen) atoms. The van der Waals surface area contributed by atoms with Crippen molar-refractivity contribution in [2.24, 2.45) is 0 Å². The van der Waals surface area contributed by atoms with Crippen molar-refractivity contribution in [3.63, 3.8) is 0 Å². The number of thioether (sulfide) groups is 2. The van der Waals surface area contributed by atoms with Crippen LogP contribution in [0.3, 0.4) is 0 Å². The van der Waals surface area contributed by atoms with Gasteiger partial charge in [-0.25, -0.2) is 19.3 Å². The lowest BCUT2D eigenvalue weighted by molar-refractivity contribution is 0.244. The van der Waals surface area contributed by atoms with E-state index < -0.39 is 12.1 Å². The highest BCUT2D eigenvalue weighted by atomic mass is 32.2. The Hall–Kier alpha value is -6.38. The molecule has 5 aromatic carbocycles. The van der Waals surface area contributed by atoms with Gasteiger partial charge in [0.2, 0.25) is 10.3 Å². The zero-order valence-electron chi connectivity index (χ0n) is 30.3. The van der Waals surface area contributed by atoms with Crippen LogP contribution in [0.1, 0.15) is 51.5 Å². The number of aromatic nitrogens is 8. The maximum atomic E-state index is 6.57. The van der Waals surface area contributed by atoms with Gasteiger partial charge in [-0.15, -0.1) is 20.4 Å². The molecule has 280 valence electrons. The van der Waals surface area contributed by atoms with E-state index in [1.165, 1.54) is 0 Å². The molecule has 0 bridgehead atoms. The fourth-order valence-electron chi connectivity index (χ4n) is 7.75. The van der Waals surface area contributed by atoms with Crippen molar-refractivity contribution in [3.05, 3.63) is 156 Å². The zero-order valence-corrected chi connectivity index (χ0v) is 32.0. The van der Waals surface area contributed by atoms with Gasteiger partial charge in [-0.2, -0.15) is 0 Å². The number of rotatable bonds is 2. The minimum atomic E-state index is -0.419. The molecule has 12 nitrogen and oxygen atoms in total. The number of ether oxygens (including phenoxy) is 2. The SMILES string of the molecule is c1ccc(-c2nnc3n2NC2c4nc5ccccc5nc4C4Nn5c(nnc5-c5ccccc5)SC4c4ccccc4OCCCOc4ccccc4C2S3)cc1. The van der Waals surface area contributed by atoms with E-state index in [2.05, 4.69) is 35.1 Å². The van der Waals surface area contributed by atoms with Gasteiger partial charge in [0, 0.05) is 28.7 Å². The number of nitrogens with one attached hydrogen (secondary N) is 2. The molecule has 3 aliphatic heterocycles. The summed E-state index contributed by atoms with van der Waals surface area (Å²) in [6.07, 6.45) is 0.694. The summed E-state index contributed by atoms with van der Waals surface area (Å²) in [4.78, 5) is 11.1. The molecule has 0 saturated carbocycles. The van der Waals surface area contributed by atoms with Crippen LogP contribution in [-0.4, -0.2) is 52.9 Å². The standard InChI is InChI=1S/C43H34N10O2S2/c1-3-14-26(15-4-1)40-46-48-42-52(40)50-36-34-35(45-31-21-10-9-20-30(31)44-34)37-39(57-43-49-47-41(53(43)51-37)27-16-5-2-6-17-27)29-19-8-12-23-33(29)55-25-13-24-54-32-22-11-7-18-28(32)38(36)56-42/h1-12,14-23,36-39,50-51H,13,24-25H2. The van der Waals surface area contributed by atoms with Gasteiger partial charge in [0.05, 0.1) is 46.1 Å². The van der Waals surface area contributed by atoms with Crippen molar-refractivity contribution >= 4 is 34.6 Å². The van der Waals surface area contributed by atoms with E-state index in [1.54, 1.807) is 23.5 Å². The maximum absolute atomic E-state index is 6.57. The molecule has 0 fully saturated rings. The lowest BCUT2D eigenvalue weighted by Gasteiger charge is -2.38. The highest BCUT2D eigenvalue weighted by Gasteiger charge is 2.43. The monoisotopic (exact) mass is 786 g/mol. The van der Waals surface area contributed by atoms with E-state index in [4.69, 9.17) is 39.8 Å². The highest BCUT2D eigenvalue weighted by Crippen LogP contribution is 2.54. The van der Waals surface area contributed by atoms with Crippen LogP contribution in [0, 0.1) is 0 Å². The van der Waals surface area contributed by atoms with Gasteiger partial charge in [0.1, 0.15) is 23.6 Å². The summed E-state index contributed by atoms with van der Waals surface area (Å²) in [7, 11) is 0. The normalized spacial score (nSPS) is 19.8. The van der Waals surface area contributed by atoms with Crippen LogP contribution in [0.5, 0.6) is 11.5 Å². The minimum Gasteiger partial charge on any atom is -0.493 e. The van der Waals surface area contributed by atoms with Crippen molar-refractivity contribution < 1.29 is 9.47 Å². The Bertz CT molecular complexity index is 2560. The van der Waals surface area contributed by atoms with Gasteiger partial charge in [0.25, 0.3) is 0 Å². The van der Waals surface area contributed by atoms with E-state index in [0.29, 0.717) is 31.3 Å². The molecule has 0 aliphatic carbocycles. The second-order valence-corrected chi connectivity index (χ2v) is 16.1. The van der Waals surface area contributed by atoms with Crippen LogP contribution < -0.4 is 20.3 Å². The second-order valence-electron chi connectivity index (χ2n) is 13.9. The summed E-state index contributed by atoms with van der Waals surface area (Å²) < 4.78 is 17.1. The van der Waals surface area contributed by atoms with Crippen LogP contribution in [0.2, 0.25) is 0 Å². The Balaban J connectivity index is 1.16. The lowest BCUT2D eigenvalue weighted by atomic mass is 9.94. The zero-order chi connectivity index (χ0) is 37.7. The summed E-state index contributed by atoms with van der Waals surface area (Å²) in [5.74, 6) is 3.03. The molecule has 14 heteroatoms. The first kappa shape index (κ1) is 33.9. The third-order valence-electron chi connectivity index (χ3n) is 10.4. The minimum absolute atomic E-state index is 0.232. The van der Waals surface area contributed by atoms with Crippen molar-refractivity contribution in [3.8, 4) is 34.3 Å². The van der Waals surface area contributed by atoms with Gasteiger partial charge in [0.15, 0.2) is 11.6 Å². The van der Waals surface area contributed by atoms with Gasteiger partial charge in [-0.1, -0.05) is 133 Å². The van der Waals surface area contributed by atoms with Gasteiger partial charge >= 0.3 is 0 Å². The fraction of sp³-hybridized carbons (Fsp3) is 0.163. The number of benzene rings is 5. The molecule has 4 unspecified atom stereocenters. The van der Waals surface area contributed by atoms with E-state index in [0.717, 1.165) is 66.5 Å². The Kier molecular flexibility index (Phi) is 8.50. The first-order chi connectivity index (χ1) is 28.3. The quantitative estimate of drug-likeness (QED) is 0.174. The van der Waals surface area contributed by atoms with E-state index in [-0.39, 0.29) is 10.5 Å². The summed E-state index contributed by atoms with van der Waals surface area (Å²) in [6, 6.07) is 44.0. The summed E-state index contributed by atoms with van der Waals surface area (Å²) in [5, 5.41) is 19.8. The number of hydrogen-bond donors (Lipinski definition) is 2. The van der Waals surface area contributed by atoms with Gasteiger partial charge in [-0.3, -0.25) is 0 Å². The molecule has 0 radical (unpaired) electrons. The first-order valence-corrected chi connectivity index (χ1v) is 20.6. The van der Waals surface area contributed by atoms with Crippen LogP contribution in [0.15, 0.2) is 144 Å². The molecular weight excluding hydrogens is 753 g/mol. The third kappa shape index (κ3) is 6.03. The van der Waals surface area contributed by atoms with Crippen LogP contribution in [0.25, 0.3) is 33.8 Å². The smallest absolute Gasteiger partial charge is 0.210 e. The number of fused-ring (bicyclic) bond motifs is 12. The second kappa shape index (κ2) is 14.3. The topological polar surface area (TPSA) is 130 Å². The number of para-hydroxylation sites is 4. The van der Waals surface area contributed by atoms with Gasteiger partial charge < -0.3 is 20.3 Å². The van der Waals surface area contributed by atoms with Crippen LogP contribution >= 0.6 is 23.5 Å². The predicted molar refractivity (Wildman–Crippen MR) is 220 cm³/mol. The van der Waals surface area contributed by atoms with Crippen molar-refractivity contribution in [2.75, 3.05) is 24.1 Å². The molecule has 3 aromatic heterocycles. The highest BCUT2D eigenvalue weighted by molar-refractivity contribution is 7.99. The molecule has 11 rings (SSSR count). The third-order valence-corrected chi connectivity index (χ3v) is 12.9. The van der Waals surface area contributed by atoms with E-state index in [9.17, 15) is 0 Å². The summed E-state index contributed by atoms with van der Waals surface area (Å²) >= 11 is 3.29. The molecule has 6 heterocycles. The van der Waals surface area contributed by atoms with Crippen LogP contribution in [-0.2, 0) is 0 Å². The first-order valence-electron chi connectivity index (χ1n) is 18.8. The molecule has 8 aromatic rings. The predicted octanol–water partition coefficient (Wildman–Crippen LogP) is 8.57. The number of hydrogen-bond acceptors (Lipinski definition) is 12. The average molecular weight is 787 g/mol. The van der Waals surface area contributed by atoms with Crippen molar-refractivity contribution in [1.82, 2.24) is 39.7 Å². The lowest BCUT2D eigenvalue weighted by Crippen LogP contribution is -2.36. The molecule has 4 atom stereocenters. The van der Waals surface area contributed by atoms with Crippen molar-refractivity contribution in [2.45, 2.75) is 39.3 Å². The Morgan fingerprint density at radius 2 is 0.912 bits per heavy atom. The fourth-order valence-corrected chi connectivity index (χ4v) is 10.2. The molecule has 3 aliphatic rings. The van der Waals surface area contributed by atoms with Crippen LogP contribution in [0.4, 0.5) is 0 Å². The Labute approximate surface area is 336 Å². The molecule has 0 saturated heterocycles. The largest absolute Gasteiger partial charge is 0.493 e. The summed E-state index contributed by atoms with van der Waals surface area (Å²) in [5.41, 5.74) is 14.9. The van der Waals surface area contributed by atoms with E-state index in [1.807, 2.05) is 119 Å². The Morgan fingerprint density at radius 3 is 1.39 bits per heavy atom. The maximum Gasteiger partial charge on any atom is 0.210 e. The average Bonchev–Trinajstić information content (AvgIpc) is 3.89. The molecular formula is C43H34N10O2S2. The van der Waals surface area contributed by atoms with Crippen molar-refractivity contribution in [1.29, 1.82) is 0 Å².